The van der Waals surface area contributed by atoms with E-state index in [1.165, 1.54) is 17.0 Å². The number of methoxy groups -OCH3 is 1. The van der Waals surface area contributed by atoms with Crippen LogP contribution in [-0.2, 0) is 26.2 Å². The van der Waals surface area contributed by atoms with Crippen LogP contribution in [0.2, 0.25) is 5.02 Å². The molecule has 3 aromatic carbocycles. The van der Waals surface area contributed by atoms with Crippen molar-refractivity contribution in [2.45, 2.75) is 57.6 Å². The van der Waals surface area contributed by atoms with Crippen LogP contribution in [-0.4, -0.2) is 50.4 Å². The zero-order chi connectivity index (χ0) is 29.7. The highest BCUT2D eigenvalue weighted by Crippen LogP contribution is 2.26. The maximum atomic E-state index is 14.0. The number of carbonyl (C=O) groups excluding carboxylic acids is 2. The molecule has 0 spiro atoms. The molecule has 0 aliphatic rings. The average molecular weight is 586 g/mol. The average Bonchev–Trinajstić information content (AvgIpc) is 2.90. The largest absolute Gasteiger partial charge is 0.497 e. The van der Waals surface area contributed by atoms with E-state index in [1.807, 2.05) is 27.7 Å². The third kappa shape index (κ3) is 7.99. The van der Waals surface area contributed by atoms with Gasteiger partial charge in [-0.15, -0.1) is 0 Å². The minimum Gasteiger partial charge on any atom is -0.497 e. The Bertz CT molecular complexity index is 1420. The lowest BCUT2D eigenvalue weighted by Crippen LogP contribution is -2.54. The van der Waals surface area contributed by atoms with Crippen LogP contribution in [0.3, 0.4) is 0 Å². The second-order valence-electron chi connectivity index (χ2n) is 10.6. The van der Waals surface area contributed by atoms with Gasteiger partial charge in [-0.05, 0) is 88.7 Å². The lowest BCUT2D eigenvalue weighted by atomic mass is 10.1. The van der Waals surface area contributed by atoms with Gasteiger partial charge < -0.3 is 15.0 Å². The monoisotopic (exact) mass is 585 g/mol. The Hall–Kier alpha value is -3.56. The summed E-state index contributed by atoms with van der Waals surface area (Å²) >= 11 is 6.07. The van der Waals surface area contributed by atoms with Gasteiger partial charge in [0.15, 0.2) is 0 Å². The van der Waals surface area contributed by atoms with Crippen LogP contribution in [0.15, 0.2) is 77.7 Å². The summed E-state index contributed by atoms with van der Waals surface area (Å²) in [5.41, 5.74) is 1.40. The van der Waals surface area contributed by atoms with E-state index >= 15 is 0 Å². The molecule has 10 heteroatoms. The maximum absolute atomic E-state index is 14.0. The van der Waals surface area contributed by atoms with Gasteiger partial charge in [0.05, 0.1) is 17.7 Å². The number of sulfonamides is 1. The molecule has 1 atom stereocenters. The number of ether oxygens (including phenoxy) is 1. The van der Waals surface area contributed by atoms with Crippen LogP contribution in [0.25, 0.3) is 0 Å². The molecule has 40 heavy (non-hydrogen) atoms. The first-order valence-corrected chi connectivity index (χ1v) is 14.6. The van der Waals surface area contributed by atoms with E-state index in [1.54, 1.807) is 74.7 Å². The molecule has 2 amide bonds. The molecule has 0 radical (unpaired) electrons. The van der Waals surface area contributed by atoms with Crippen LogP contribution in [0, 0.1) is 6.92 Å². The van der Waals surface area contributed by atoms with Crippen LogP contribution >= 0.6 is 11.6 Å². The normalized spacial score (nSPS) is 12.4. The minimum absolute atomic E-state index is 0.0427. The summed E-state index contributed by atoms with van der Waals surface area (Å²) in [6.45, 7) is 8.60. The van der Waals surface area contributed by atoms with Gasteiger partial charge in [-0.2, -0.15) is 0 Å². The summed E-state index contributed by atoms with van der Waals surface area (Å²) in [5, 5.41) is 3.34. The van der Waals surface area contributed by atoms with Gasteiger partial charge in [-0.1, -0.05) is 41.4 Å². The third-order valence-electron chi connectivity index (χ3n) is 6.18. The molecular weight excluding hydrogens is 550 g/mol. The first kappa shape index (κ1) is 31.0. The molecule has 3 aromatic rings. The number of nitrogens with zero attached hydrogens (tertiary/aromatic N) is 2. The third-order valence-corrected chi connectivity index (χ3v) is 8.22. The molecule has 1 N–H and O–H groups in total. The minimum atomic E-state index is -4.14. The summed E-state index contributed by atoms with van der Waals surface area (Å²) < 4.78 is 34.0. The number of amides is 2. The van der Waals surface area contributed by atoms with Crippen LogP contribution in [0.1, 0.15) is 38.8 Å². The molecule has 0 aliphatic carbocycles. The molecule has 0 aromatic heterocycles. The van der Waals surface area contributed by atoms with Crippen molar-refractivity contribution in [1.29, 1.82) is 0 Å². The first-order chi connectivity index (χ1) is 18.7. The summed E-state index contributed by atoms with van der Waals surface area (Å²) in [4.78, 5) is 28.5. The highest BCUT2D eigenvalue weighted by atomic mass is 35.5. The van der Waals surface area contributed by atoms with Crippen molar-refractivity contribution >= 4 is 39.1 Å². The Labute approximate surface area is 241 Å². The predicted octanol–water partition coefficient (Wildman–Crippen LogP) is 5.18. The summed E-state index contributed by atoms with van der Waals surface area (Å²) in [6, 6.07) is 18.9. The standard InChI is InChI=1S/C30H36ClN3O5S/c1-21-7-17-27(18-8-21)40(37,38)34(25-13-11-24(31)12-14-25)20-28(35)33(22(2)29(36)32-30(3,4)5)19-23-9-15-26(39-6)16-10-23/h7-18,22H,19-20H2,1-6H3,(H,32,36). The van der Waals surface area contributed by atoms with Crippen molar-refractivity contribution in [2.75, 3.05) is 18.0 Å². The zero-order valence-electron chi connectivity index (χ0n) is 23.6. The van der Waals surface area contributed by atoms with E-state index in [0.717, 1.165) is 15.4 Å². The fraction of sp³-hybridized carbons (Fsp3) is 0.333. The number of nitrogens with one attached hydrogen (secondary N) is 1. The second-order valence-corrected chi connectivity index (χ2v) is 12.9. The van der Waals surface area contributed by atoms with Crippen molar-refractivity contribution in [1.82, 2.24) is 10.2 Å². The van der Waals surface area contributed by atoms with Crippen LogP contribution in [0.5, 0.6) is 5.75 Å². The van der Waals surface area contributed by atoms with E-state index < -0.39 is 34.1 Å². The Kier molecular flexibility index (Phi) is 9.87. The number of rotatable bonds is 10. The number of hydrogen-bond donors (Lipinski definition) is 1. The van der Waals surface area contributed by atoms with Crippen molar-refractivity contribution in [3.8, 4) is 5.75 Å². The van der Waals surface area contributed by atoms with Gasteiger partial charge in [0, 0.05) is 17.1 Å². The molecule has 0 saturated carbocycles. The molecule has 0 aliphatic heterocycles. The number of anilines is 1. The van der Waals surface area contributed by atoms with Gasteiger partial charge in [0.25, 0.3) is 10.0 Å². The maximum Gasteiger partial charge on any atom is 0.264 e. The number of benzene rings is 3. The van der Waals surface area contributed by atoms with Gasteiger partial charge in [0.2, 0.25) is 11.8 Å². The van der Waals surface area contributed by atoms with Gasteiger partial charge in [-0.3, -0.25) is 13.9 Å². The summed E-state index contributed by atoms with van der Waals surface area (Å²) in [7, 11) is -2.58. The van der Waals surface area contributed by atoms with E-state index in [0.29, 0.717) is 10.8 Å². The molecule has 1 unspecified atom stereocenters. The van der Waals surface area contributed by atoms with Gasteiger partial charge >= 0.3 is 0 Å². The fourth-order valence-corrected chi connectivity index (χ4v) is 5.50. The molecule has 0 bridgehead atoms. The van der Waals surface area contributed by atoms with E-state index in [2.05, 4.69) is 5.32 Å². The second kappa shape index (κ2) is 12.7. The van der Waals surface area contributed by atoms with Gasteiger partial charge in [-0.25, -0.2) is 8.42 Å². The van der Waals surface area contributed by atoms with E-state index in [4.69, 9.17) is 16.3 Å². The Morgan fingerprint density at radius 3 is 2.05 bits per heavy atom. The van der Waals surface area contributed by atoms with Crippen LogP contribution in [0.4, 0.5) is 5.69 Å². The fourth-order valence-electron chi connectivity index (χ4n) is 3.96. The SMILES string of the molecule is COc1ccc(CN(C(=O)CN(c2ccc(Cl)cc2)S(=O)(=O)c2ccc(C)cc2)C(C)C(=O)NC(C)(C)C)cc1. The molecule has 3 rings (SSSR count). The Morgan fingerprint density at radius 2 is 1.52 bits per heavy atom. The topological polar surface area (TPSA) is 96.0 Å². The molecule has 0 saturated heterocycles. The first-order valence-electron chi connectivity index (χ1n) is 12.8. The van der Waals surface area contributed by atoms with Crippen molar-refractivity contribution in [3.63, 3.8) is 0 Å². The quantitative estimate of drug-likeness (QED) is 0.353. The Balaban J connectivity index is 2.02. The van der Waals surface area contributed by atoms with Crippen molar-refractivity contribution < 1.29 is 22.7 Å². The van der Waals surface area contributed by atoms with E-state index in [-0.39, 0.29) is 23.0 Å². The molecule has 0 fully saturated rings. The smallest absolute Gasteiger partial charge is 0.264 e. The molecule has 0 heterocycles. The van der Waals surface area contributed by atoms with Crippen molar-refractivity contribution in [3.05, 3.63) is 88.9 Å². The highest BCUT2D eigenvalue weighted by molar-refractivity contribution is 7.92. The number of aryl methyl sites for hydroxylation is 1. The summed E-state index contributed by atoms with van der Waals surface area (Å²) in [5.74, 6) is -0.245. The highest BCUT2D eigenvalue weighted by Gasteiger charge is 2.33. The summed E-state index contributed by atoms with van der Waals surface area (Å²) in [6.07, 6.45) is 0. The lowest BCUT2D eigenvalue weighted by molar-refractivity contribution is -0.140. The molecule has 214 valence electrons. The van der Waals surface area contributed by atoms with Gasteiger partial charge in [0.1, 0.15) is 18.3 Å². The predicted molar refractivity (Wildman–Crippen MR) is 158 cm³/mol. The van der Waals surface area contributed by atoms with Crippen molar-refractivity contribution in [2.24, 2.45) is 0 Å². The van der Waals surface area contributed by atoms with E-state index in [9.17, 15) is 18.0 Å². The molecule has 8 nitrogen and oxygen atoms in total. The zero-order valence-corrected chi connectivity index (χ0v) is 25.2. The number of halogens is 1. The number of carbonyl (C=O) groups is 2. The molecular formula is C30H36ClN3O5S. The lowest BCUT2D eigenvalue weighted by Gasteiger charge is -2.33. The Morgan fingerprint density at radius 1 is 0.950 bits per heavy atom. The van der Waals surface area contributed by atoms with Crippen LogP contribution < -0.4 is 14.4 Å². The number of hydrogen-bond acceptors (Lipinski definition) is 5.